The summed E-state index contributed by atoms with van der Waals surface area (Å²) in [4.78, 5) is 28.3. The number of nitrogens with zero attached hydrogens (tertiary/aromatic N) is 3. The molecule has 3 heterocycles. The molecule has 3 aliphatic rings. The Kier molecular flexibility index (Phi) is 3.29. The predicted molar refractivity (Wildman–Crippen MR) is 84.6 cm³/mol. The van der Waals surface area contributed by atoms with Crippen LogP contribution in [0.5, 0.6) is 0 Å². The molecule has 6 heteroatoms. The van der Waals surface area contributed by atoms with Gasteiger partial charge in [-0.05, 0) is 24.3 Å². The van der Waals surface area contributed by atoms with E-state index in [2.05, 4.69) is 5.10 Å². The van der Waals surface area contributed by atoms with Gasteiger partial charge in [0.25, 0.3) is 5.91 Å². The number of fused-ring (bicyclic) bond motifs is 1. The lowest BCUT2D eigenvalue weighted by Gasteiger charge is -2.30. The van der Waals surface area contributed by atoms with E-state index >= 15 is 0 Å². The standard InChI is InChI=1S/C16H19N3O2S/c1-18-14-12(13(17-18)11-8-5-9-22-11)15(20)19(16(14)21)10-6-3-2-4-7-10/h5,8-10,12,14H,2-4,6-7H2,1H3. The van der Waals surface area contributed by atoms with Gasteiger partial charge in [0, 0.05) is 13.1 Å². The van der Waals surface area contributed by atoms with Crippen molar-refractivity contribution < 1.29 is 9.59 Å². The van der Waals surface area contributed by atoms with Crippen LogP contribution in [0.25, 0.3) is 0 Å². The number of amides is 2. The zero-order chi connectivity index (χ0) is 15.3. The summed E-state index contributed by atoms with van der Waals surface area (Å²) in [6.45, 7) is 0. The molecule has 2 unspecified atom stereocenters. The van der Waals surface area contributed by atoms with Crippen LogP contribution in [0.15, 0.2) is 22.6 Å². The molecule has 4 rings (SSSR count). The zero-order valence-corrected chi connectivity index (χ0v) is 13.4. The molecule has 0 aromatic carbocycles. The van der Waals surface area contributed by atoms with Crippen molar-refractivity contribution >= 4 is 28.9 Å². The van der Waals surface area contributed by atoms with Crippen LogP contribution in [0.1, 0.15) is 37.0 Å². The zero-order valence-electron chi connectivity index (χ0n) is 12.6. The summed E-state index contributed by atoms with van der Waals surface area (Å²) in [5, 5.41) is 8.15. The lowest BCUT2D eigenvalue weighted by molar-refractivity contribution is -0.143. The van der Waals surface area contributed by atoms with E-state index in [1.807, 2.05) is 17.5 Å². The first-order valence-corrected chi connectivity index (χ1v) is 8.78. The Labute approximate surface area is 133 Å². The van der Waals surface area contributed by atoms with E-state index < -0.39 is 12.0 Å². The smallest absolute Gasteiger partial charge is 0.255 e. The van der Waals surface area contributed by atoms with Crippen LogP contribution in [0.4, 0.5) is 0 Å². The van der Waals surface area contributed by atoms with E-state index in [-0.39, 0.29) is 17.9 Å². The number of imide groups is 1. The molecule has 5 nitrogen and oxygen atoms in total. The van der Waals surface area contributed by atoms with E-state index in [4.69, 9.17) is 0 Å². The Bertz CT molecular complexity index is 634. The molecule has 0 N–H and O–H groups in total. The summed E-state index contributed by atoms with van der Waals surface area (Å²) in [5.41, 5.74) is 0.763. The van der Waals surface area contributed by atoms with Crippen molar-refractivity contribution in [2.24, 2.45) is 11.0 Å². The predicted octanol–water partition coefficient (Wildman–Crippen LogP) is 2.08. The minimum absolute atomic E-state index is 0.0431. The largest absolute Gasteiger partial charge is 0.286 e. The quantitative estimate of drug-likeness (QED) is 0.785. The van der Waals surface area contributed by atoms with Gasteiger partial charge >= 0.3 is 0 Å². The monoisotopic (exact) mass is 317 g/mol. The van der Waals surface area contributed by atoms with Crippen LogP contribution < -0.4 is 0 Å². The van der Waals surface area contributed by atoms with E-state index in [9.17, 15) is 9.59 Å². The summed E-state index contributed by atoms with van der Waals surface area (Å²) >= 11 is 1.57. The van der Waals surface area contributed by atoms with Gasteiger partial charge in [-0.3, -0.25) is 19.5 Å². The number of likely N-dealkylation sites (N-methyl/N-ethyl adjacent to an activating group) is 1. The van der Waals surface area contributed by atoms with Crippen LogP contribution in [0.2, 0.25) is 0 Å². The van der Waals surface area contributed by atoms with E-state index in [0.29, 0.717) is 0 Å². The van der Waals surface area contributed by atoms with Gasteiger partial charge in [0.1, 0.15) is 12.0 Å². The molecule has 116 valence electrons. The van der Waals surface area contributed by atoms with Crippen LogP contribution in [-0.4, -0.2) is 46.6 Å². The number of rotatable bonds is 2. The first-order chi connectivity index (χ1) is 10.7. The molecule has 1 aromatic heterocycles. The second kappa shape index (κ2) is 5.19. The van der Waals surface area contributed by atoms with E-state index in [1.54, 1.807) is 28.3 Å². The van der Waals surface area contributed by atoms with E-state index in [0.717, 1.165) is 36.3 Å². The van der Waals surface area contributed by atoms with Crippen molar-refractivity contribution in [3.05, 3.63) is 22.4 Å². The maximum absolute atomic E-state index is 13.0. The molecule has 2 amide bonds. The third-order valence-corrected chi connectivity index (χ3v) is 5.88. The molecular formula is C16H19N3O2S. The molecule has 0 spiro atoms. The summed E-state index contributed by atoms with van der Waals surface area (Å²) in [7, 11) is 1.80. The Morgan fingerprint density at radius 1 is 1.18 bits per heavy atom. The van der Waals surface area contributed by atoms with Crippen molar-refractivity contribution in [1.82, 2.24) is 9.91 Å². The maximum Gasteiger partial charge on any atom is 0.255 e. The lowest BCUT2D eigenvalue weighted by atomic mass is 9.94. The molecule has 1 aliphatic carbocycles. The molecule has 0 radical (unpaired) electrons. The highest BCUT2D eigenvalue weighted by Gasteiger charge is 2.57. The maximum atomic E-state index is 13.0. The summed E-state index contributed by atoms with van der Waals surface area (Å²) in [5.74, 6) is -0.517. The van der Waals surface area contributed by atoms with Crippen molar-refractivity contribution in [2.45, 2.75) is 44.2 Å². The molecule has 1 saturated carbocycles. The average Bonchev–Trinajstić information content (AvgIpc) is 3.20. The van der Waals surface area contributed by atoms with Crippen LogP contribution in [-0.2, 0) is 9.59 Å². The summed E-state index contributed by atoms with van der Waals surface area (Å²) in [6, 6.07) is 3.58. The normalized spacial score (nSPS) is 29.2. The Morgan fingerprint density at radius 3 is 2.64 bits per heavy atom. The molecule has 1 aromatic rings. The number of hydrogen-bond donors (Lipinski definition) is 0. The lowest BCUT2D eigenvalue weighted by Crippen LogP contribution is -2.44. The van der Waals surface area contributed by atoms with Gasteiger partial charge in [-0.1, -0.05) is 25.3 Å². The molecule has 0 bridgehead atoms. The number of thiophene rings is 1. The number of likely N-dealkylation sites (tertiary alicyclic amines) is 1. The van der Waals surface area contributed by atoms with Crippen LogP contribution in [0.3, 0.4) is 0 Å². The van der Waals surface area contributed by atoms with Gasteiger partial charge < -0.3 is 0 Å². The highest BCUT2D eigenvalue weighted by Crippen LogP contribution is 2.37. The van der Waals surface area contributed by atoms with Crippen molar-refractivity contribution in [3.63, 3.8) is 0 Å². The highest BCUT2D eigenvalue weighted by molar-refractivity contribution is 7.12. The average molecular weight is 317 g/mol. The van der Waals surface area contributed by atoms with Gasteiger partial charge in [0.15, 0.2) is 0 Å². The fourth-order valence-corrected chi connectivity index (χ4v) is 4.69. The Morgan fingerprint density at radius 2 is 1.95 bits per heavy atom. The fourth-order valence-electron chi connectivity index (χ4n) is 3.94. The van der Waals surface area contributed by atoms with E-state index in [1.165, 1.54) is 6.42 Å². The van der Waals surface area contributed by atoms with Gasteiger partial charge in [-0.15, -0.1) is 11.3 Å². The molecular weight excluding hydrogens is 298 g/mol. The van der Waals surface area contributed by atoms with Crippen molar-refractivity contribution in [2.75, 3.05) is 7.05 Å². The van der Waals surface area contributed by atoms with Gasteiger partial charge in [0.2, 0.25) is 5.91 Å². The van der Waals surface area contributed by atoms with Crippen molar-refractivity contribution in [3.8, 4) is 0 Å². The molecule has 2 fully saturated rings. The minimum atomic E-state index is -0.438. The number of hydrazone groups is 1. The Balaban J connectivity index is 1.67. The van der Waals surface area contributed by atoms with Crippen LogP contribution in [0, 0.1) is 5.92 Å². The molecule has 22 heavy (non-hydrogen) atoms. The first-order valence-electron chi connectivity index (χ1n) is 7.90. The second-order valence-electron chi connectivity index (χ2n) is 6.30. The third-order valence-electron chi connectivity index (χ3n) is 4.99. The second-order valence-corrected chi connectivity index (χ2v) is 7.24. The van der Waals surface area contributed by atoms with Gasteiger partial charge in [-0.25, -0.2) is 0 Å². The molecule has 2 atom stereocenters. The number of carbonyl (C=O) groups excluding carboxylic acids is 2. The highest BCUT2D eigenvalue weighted by atomic mass is 32.1. The topological polar surface area (TPSA) is 53.0 Å². The number of hydrogen-bond acceptors (Lipinski definition) is 5. The number of carbonyl (C=O) groups is 2. The minimum Gasteiger partial charge on any atom is -0.286 e. The van der Waals surface area contributed by atoms with Gasteiger partial charge in [-0.2, -0.15) is 5.10 Å². The Hall–Kier alpha value is -1.69. The molecule has 2 aliphatic heterocycles. The first kappa shape index (κ1) is 13.9. The van der Waals surface area contributed by atoms with Crippen molar-refractivity contribution in [1.29, 1.82) is 0 Å². The molecule has 1 saturated heterocycles. The fraction of sp³-hybridized carbons (Fsp3) is 0.562. The summed E-state index contributed by atoms with van der Waals surface area (Å²) in [6.07, 6.45) is 5.33. The third kappa shape index (κ3) is 1.93. The summed E-state index contributed by atoms with van der Waals surface area (Å²) < 4.78 is 0. The SMILES string of the molecule is CN1N=C(c2cccs2)C2C(=O)N(C3CCCCC3)C(=O)C21. The van der Waals surface area contributed by atoms with Gasteiger partial charge in [0.05, 0.1) is 10.6 Å². The van der Waals surface area contributed by atoms with Crippen LogP contribution >= 0.6 is 11.3 Å².